The lowest BCUT2D eigenvalue weighted by atomic mass is 10.1. The van der Waals surface area contributed by atoms with Crippen molar-refractivity contribution in [3.8, 4) is 5.75 Å². The Balaban J connectivity index is 1.49. The second-order valence-electron chi connectivity index (χ2n) is 8.18. The molecule has 1 aromatic carbocycles. The number of nitrogens with zero attached hydrogens (tertiary/aromatic N) is 4. The Morgan fingerprint density at radius 3 is 2.65 bits per heavy atom. The van der Waals surface area contributed by atoms with Crippen molar-refractivity contribution in [1.82, 2.24) is 15.3 Å². The average molecular weight is 426 g/mol. The van der Waals surface area contributed by atoms with Crippen molar-refractivity contribution in [3.05, 3.63) is 41.6 Å². The zero-order valence-corrected chi connectivity index (χ0v) is 18.3. The van der Waals surface area contributed by atoms with E-state index >= 15 is 0 Å². The van der Waals surface area contributed by atoms with Gasteiger partial charge in [-0.05, 0) is 42.9 Å². The molecule has 1 saturated heterocycles. The van der Waals surface area contributed by atoms with Crippen molar-refractivity contribution in [2.75, 3.05) is 63.4 Å². The van der Waals surface area contributed by atoms with E-state index in [1.165, 1.54) is 18.4 Å². The number of likely N-dealkylation sites (N-methyl/N-ethyl adjacent to an activating group) is 1. The van der Waals surface area contributed by atoms with Gasteiger partial charge in [0, 0.05) is 39.3 Å². The van der Waals surface area contributed by atoms with Crippen LogP contribution in [-0.4, -0.2) is 69.4 Å². The van der Waals surface area contributed by atoms with Crippen LogP contribution in [0.3, 0.4) is 0 Å². The predicted molar refractivity (Wildman–Crippen MR) is 120 cm³/mol. The molecular weight excluding hydrogens is 394 g/mol. The maximum atomic E-state index is 12.8. The molecular formula is C23H31N5O3. The third-order valence-corrected chi connectivity index (χ3v) is 5.75. The molecule has 166 valence electrons. The minimum absolute atomic E-state index is 0.131. The monoisotopic (exact) mass is 425 g/mol. The molecule has 1 saturated carbocycles. The van der Waals surface area contributed by atoms with Gasteiger partial charge in [-0.15, -0.1) is 0 Å². The number of morpholine rings is 1. The van der Waals surface area contributed by atoms with Crippen molar-refractivity contribution in [3.63, 3.8) is 0 Å². The highest BCUT2D eigenvalue weighted by atomic mass is 16.5. The zero-order chi connectivity index (χ0) is 21.6. The molecule has 2 heterocycles. The summed E-state index contributed by atoms with van der Waals surface area (Å²) < 4.78 is 10.7. The maximum absolute atomic E-state index is 12.8. The zero-order valence-electron chi connectivity index (χ0n) is 18.3. The largest absolute Gasteiger partial charge is 0.497 e. The lowest BCUT2D eigenvalue weighted by molar-refractivity contribution is 0.0946. The van der Waals surface area contributed by atoms with E-state index in [2.05, 4.69) is 27.3 Å². The Kier molecular flexibility index (Phi) is 6.86. The van der Waals surface area contributed by atoms with E-state index in [0.717, 1.165) is 44.2 Å². The SMILES string of the molecule is COc1ccc(CCN(C)c2nc(C(=O)NCC3CC3)cc(N3CCOCC3)n2)cc1. The summed E-state index contributed by atoms with van der Waals surface area (Å²) in [4.78, 5) is 26.3. The number of carbonyl (C=O) groups excluding carboxylic acids is 1. The summed E-state index contributed by atoms with van der Waals surface area (Å²) in [5.41, 5.74) is 1.63. The molecule has 0 atom stereocenters. The highest BCUT2D eigenvalue weighted by Crippen LogP contribution is 2.27. The highest BCUT2D eigenvalue weighted by molar-refractivity contribution is 5.93. The van der Waals surface area contributed by atoms with E-state index in [0.29, 0.717) is 30.8 Å². The Hall–Kier alpha value is -2.87. The number of hydrogen-bond acceptors (Lipinski definition) is 7. The summed E-state index contributed by atoms with van der Waals surface area (Å²) >= 11 is 0. The highest BCUT2D eigenvalue weighted by Gasteiger charge is 2.23. The van der Waals surface area contributed by atoms with Crippen LogP contribution in [-0.2, 0) is 11.2 Å². The molecule has 1 N–H and O–H groups in total. The molecule has 0 unspecified atom stereocenters. The van der Waals surface area contributed by atoms with Gasteiger partial charge in [0.15, 0.2) is 0 Å². The lowest BCUT2D eigenvalue weighted by Crippen LogP contribution is -2.37. The fourth-order valence-corrected chi connectivity index (χ4v) is 3.50. The van der Waals surface area contributed by atoms with E-state index in [1.807, 2.05) is 24.1 Å². The number of aromatic nitrogens is 2. The predicted octanol–water partition coefficient (Wildman–Crippen LogP) is 2.14. The van der Waals surface area contributed by atoms with Crippen molar-refractivity contribution < 1.29 is 14.3 Å². The first-order valence-corrected chi connectivity index (χ1v) is 11.0. The minimum atomic E-state index is -0.131. The second-order valence-corrected chi connectivity index (χ2v) is 8.18. The number of benzene rings is 1. The van der Waals surface area contributed by atoms with Crippen LogP contribution in [0.5, 0.6) is 5.75 Å². The summed E-state index contributed by atoms with van der Waals surface area (Å²) in [6, 6.07) is 9.86. The van der Waals surface area contributed by atoms with Crippen LogP contribution in [0.15, 0.2) is 30.3 Å². The van der Waals surface area contributed by atoms with Gasteiger partial charge in [0.05, 0.1) is 20.3 Å². The van der Waals surface area contributed by atoms with E-state index in [4.69, 9.17) is 14.5 Å². The molecule has 2 fully saturated rings. The van der Waals surface area contributed by atoms with Gasteiger partial charge in [0.2, 0.25) is 5.95 Å². The lowest BCUT2D eigenvalue weighted by Gasteiger charge is -2.29. The molecule has 2 aromatic rings. The third kappa shape index (κ3) is 5.85. The van der Waals surface area contributed by atoms with E-state index in [9.17, 15) is 4.79 Å². The third-order valence-electron chi connectivity index (χ3n) is 5.75. The van der Waals surface area contributed by atoms with Crippen LogP contribution >= 0.6 is 0 Å². The van der Waals surface area contributed by atoms with E-state index < -0.39 is 0 Å². The topological polar surface area (TPSA) is 79.8 Å². The molecule has 1 aliphatic carbocycles. The van der Waals surface area contributed by atoms with Gasteiger partial charge in [-0.2, -0.15) is 4.98 Å². The smallest absolute Gasteiger partial charge is 0.270 e. The van der Waals surface area contributed by atoms with Gasteiger partial charge >= 0.3 is 0 Å². The van der Waals surface area contributed by atoms with Gasteiger partial charge in [-0.1, -0.05) is 12.1 Å². The maximum Gasteiger partial charge on any atom is 0.270 e. The van der Waals surface area contributed by atoms with Crippen molar-refractivity contribution in [2.45, 2.75) is 19.3 Å². The van der Waals surface area contributed by atoms with E-state index in [-0.39, 0.29) is 5.91 Å². The molecule has 31 heavy (non-hydrogen) atoms. The first kappa shape index (κ1) is 21.4. The summed E-state index contributed by atoms with van der Waals surface area (Å²) in [5, 5.41) is 3.02. The molecule has 0 radical (unpaired) electrons. The number of hydrogen-bond donors (Lipinski definition) is 1. The van der Waals surface area contributed by atoms with Crippen LogP contribution in [0.2, 0.25) is 0 Å². The summed E-state index contributed by atoms with van der Waals surface area (Å²) in [7, 11) is 3.63. The Morgan fingerprint density at radius 1 is 1.23 bits per heavy atom. The van der Waals surface area contributed by atoms with Crippen LogP contribution in [0.25, 0.3) is 0 Å². The minimum Gasteiger partial charge on any atom is -0.497 e. The summed E-state index contributed by atoms with van der Waals surface area (Å²) in [6.45, 7) is 4.30. The van der Waals surface area contributed by atoms with Gasteiger partial charge in [0.1, 0.15) is 17.3 Å². The molecule has 8 nitrogen and oxygen atoms in total. The molecule has 1 aromatic heterocycles. The quantitative estimate of drug-likeness (QED) is 0.659. The summed E-state index contributed by atoms with van der Waals surface area (Å²) in [6.07, 6.45) is 3.24. The number of ether oxygens (including phenoxy) is 2. The molecule has 2 aliphatic rings. The molecule has 1 amide bonds. The standard InChI is InChI=1S/C23H31N5O3/c1-27(10-9-17-5-7-19(30-2)8-6-17)23-25-20(22(29)24-16-18-3-4-18)15-21(26-23)28-11-13-31-14-12-28/h5-8,15,18H,3-4,9-14,16H2,1-2H3,(H,24,29). The first-order valence-electron chi connectivity index (χ1n) is 11.0. The van der Waals surface area contributed by atoms with Crippen molar-refractivity contribution in [2.24, 2.45) is 5.92 Å². The van der Waals surface area contributed by atoms with Crippen molar-refractivity contribution in [1.29, 1.82) is 0 Å². The van der Waals surface area contributed by atoms with Crippen LogP contribution in [0.1, 0.15) is 28.9 Å². The number of rotatable bonds is 9. The Morgan fingerprint density at radius 2 is 1.97 bits per heavy atom. The number of methoxy groups -OCH3 is 1. The van der Waals surface area contributed by atoms with Gasteiger partial charge in [-0.25, -0.2) is 4.98 Å². The van der Waals surface area contributed by atoms with Gasteiger partial charge < -0.3 is 24.6 Å². The Labute approximate surface area is 183 Å². The van der Waals surface area contributed by atoms with Crippen LogP contribution in [0.4, 0.5) is 11.8 Å². The van der Waals surface area contributed by atoms with Crippen LogP contribution in [0, 0.1) is 5.92 Å². The first-order chi connectivity index (χ1) is 15.1. The Bertz CT molecular complexity index is 879. The van der Waals surface area contributed by atoms with Gasteiger partial charge in [0.25, 0.3) is 5.91 Å². The van der Waals surface area contributed by atoms with Gasteiger partial charge in [-0.3, -0.25) is 4.79 Å². The normalized spacial score (nSPS) is 16.1. The molecule has 1 aliphatic heterocycles. The number of amides is 1. The second kappa shape index (κ2) is 9.96. The van der Waals surface area contributed by atoms with Crippen LogP contribution < -0.4 is 19.9 Å². The fourth-order valence-electron chi connectivity index (χ4n) is 3.50. The molecule has 0 bridgehead atoms. The molecule has 8 heteroatoms. The summed E-state index contributed by atoms with van der Waals surface area (Å²) in [5.74, 6) is 2.68. The average Bonchev–Trinajstić information content (AvgIpc) is 3.66. The fraction of sp³-hybridized carbons (Fsp3) is 0.522. The molecule has 4 rings (SSSR count). The number of carbonyl (C=O) groups is 1. The van der Waals surface area contributed by atoms with E-state index in [1.54, 1.807) is 13.2 Å². The van der Waals surface area contributed by atoms with Crippen molar-refractivity contribution >= 4 is 17.7 Å². The number of nitrogens with one attached hydrogen (secondary N) is 1. The molecule has 0 spiro atoms. The number of anilines is 2.